The highest BCUT2D eigenvalue weighted by atomic mass is 19.4. The van der Waals surface area contributed by atoms with Crippen molar-refractivity contribution in [3.63, 3.8) is 0 Å². The second-order valence-corrected chi connectivity index (χ2v) is 1.10. The molecule has 0 rings (SSSR count). The van der Waals surface area contributed by atoms with Crippen LogP contribution >= 0.6 is 0 Å². The summed E-state index contributed by atoms with van der Waals surface area (Å²) in [5.41, 5.74) is 0. The Morgan fingerprint density at radius 3 is 2.00 bits per heavy atom. The molecular formula is C2F3NO4. The van der Waals surface area contributed by atoms with Crippen molar-refractivity contribution in [3.8, 4) is 0 Å². The number of halogens is 3. The molecular weight excluding hydrogens is 159 g/mol. The number of hydrogen-bond acceptors (Lipinski definition) is 4. The van der Waals surface area contributed by atoms with Gasteiger partial charge in [-0.2, -0.15) is 13.2 Å². The first kappa shape index (κ1) is 8.66. The molecule has 0 bridgehead atoms. The topological polar surface area (TPSA) is 69.4 Å². The molecule has 10 heavy (non-hydrogen) atoms. The number of carbonyl (C=O) groups excluding carboxylic acids is 1. The molecule has 58 valence electrons. The highest BCUT2D eigenvalue weighted by Gasteiger charge is 2.41. The molecule has 0 aliphatic carbocycles. The smallest absolute Gasteiger partial charge is 0.258 e. The van der Waals surface area contributed by atoms with Crippen LogP contribution in [0.3, 0.4) is 0 Å². The predicted molar refractivity (Wildman–Crippen MR) is 19.1 cm³/mol. The van der Waals surface area contributed by atoms with E-state index in [2.05, 4.69) is 4.84 Å². The summed E-state index contributed by atoms with van der Waals surface area (Å²) in [5.74, 6) is -2.84. The molecule has 0 atom stereocenters. The lowest BCUT2D eigenvalue weighted by Crippen LogP contribution is -2.27. The van der Waals surface area contributed by atoms with Gasteiger partial charge in [0, 0.05) is 0 Å². The van der Waals surface area contributed by atoms with Crippen LogP contribution in [0.15, 0.2) is 0 Å². The molecule has 0 saturated heterocycles. The number of rotatable bonds is 1. The van der Waals surface area contributed by atoms with E-state index in [0.717, 1.165) is 0 Å². The van der Waals surface area contributed by atoms with Crippen molar-refractivity contribution in [2.45, 2.75) is 6.18 Å². The summed E-state index contributed by atoms with van der Waals surface area (Å²) in [4.78, 5) is 21.2. The van der Waals surface area contributed by atoms with Crippen molar-refractivity contribution in [2.24, 2.45) is 0 Å². The first-order valence-electron chi connectivity index (χ1n) is 1.77. The van der Waals surface area contributed by atoms with E-state index in [4.69, 9.17) is 10.1 Å². The molecule has 0 N–H and O–H groups in total. The lowest BCUT2D eigenvalue weighted by atomic mass is 10.7. The van der Waals surface area contributed by atoms with Crippen molar-refractivity contribution in [2.75, 3.05) is 0 Å². The molecule has 0 aromatic rings. The molecule has 0 aromatic carbocycles. The Labute approximate surface area is 51.5 Å². The van der Waals surface area contributed by atoms with Gasteiger partial charge in [0.25, 0.3) is 0 Å². The minimum absolute atomic E-state index is 1.82. The Balaban J connectivity index is 3.99. The van der Waals surface area contributed by atoms with Gasteiger partial charge in [0.1, 0.15) is 0 Å². The Kier molecular flexibility index (Phi) is 2.16. The van der Waals surface area contributed by atoms with Gasteiger partial charge in [-0.1, -0.05) is 0 Å². The summed E-state index contributed by atoms with van der Waals surface area (Å²) in [6, 6.07) is 0. The Bertz CT molecular complexity index is 162. The molecule has 0 aliphatic rings. The van der Waals surface area contributed by atoms with E-state index >= 15 is 0 Å². The molecule has 0 radical (unpaired) electrons. The van der Waals surface area contributed by atoms with E-state index in [0.29, 0.717) is 0 Å². The van der Waals surface area contributed by atoms with Gasteiger partial charge in [-0.05, 0) is 0 Å². The van der Waals surface area contributed by atoms with E-state index < -0.39 is 17.2 Å². The van der Waals surface area contributed by atoms with Gasteiger partial charge in [0.05, 0.1) is 0 Å². The van der Waals surface area contributed by atoms with Crippen molar-refractivity contribution in [1.82, 2.24) is 0 Å². The fraction of sp³-hybridized carbons (Fsp3) is 0.500. The fourth-order valence-electron chi connectivity index (χ4n) is 0.119. The molecule has 0 aromatic heterocycles. The number of hydrogen-bond donors (Lipinski definition) is 0. The number of alkyl halides is 3. The highest BCUT2D eigenvalue weighted by Crippen LogP contribution is 2.15. The van der Waals surface area contributed by atoms with Crippen LogP contribution in [0.2, 0.25) is 0 Å². The van der Waals surface area contributed by atoms with Crippen LogP contribution in [0.5, 0.6) is 0 Å². The molecule has 0 spiro atoms. The van der Waals surface area contributed by atoms with E-state index in [9.17, 15) is 18.0 Å². The second-order valence-electron chi connectivity index (χ2n) is 1.10. The highest BCUT2D eigenvalue weighted by molar-refractivity contribution is 5.74. The monoisotopic (exact) mass is 159 g/mol. The minimum Gasteiger partial charge on any atom is -0.258 e. The SMILES string of the molecule is O=C(O[N+](=O)[O-])C(F)(F)F. The van der Waals surface area contributed by atoms with Crippen molar-refractivity contribution < 1.29 is 27.9 Å². The average Bonchev–Trinajstić information content (AvgIpc) is 1.60. The third-order valence-electron chi connectivity index (χ3n) is 0.389. The third-order valence-corrected chi connectivity index (χ3v) is 0.389. The van der Waals surface area contributed by atoms with Crippen molar-refractivity contribution in [3.05, 3.63) is 10.1 Å². The lowest BCUT2D eigenvalue weighted by Gasteiger charge is -1.99. The minimum atomic E-state index is -5.31. The summed E-state index contributed by atoms with van der Waals surface area (Å²) < 4.78 is 33.1. The summed E-state index contributed by atoms with van der Waals surface area (Å²) in [6.45, 7) is 0. The molecule has 0 amide bonds. The van der Waals surface area contributed by atoms with Crippen LogP contribution in [0, 0.1) is 10.1 Å². The van der Waals surface area contributed by atoms with Crippen LogP contribution < -0.4 is 0 Å². The summed E-state index contributed by atoms with van der Waals surface area (Å²) in [7, 11) is 0. The Morgan fingerprint density at radius 1 is 1.50 bits per heavy atom. The van der Waals surface area contributed by atoms with E-state index in [1.165, 1.54) is 0 Å². The summed E-state index contributed by atoms with van der Waals surface area (Å²) in [6.07, 6.45) is -5.31. The number of carbonyl (C=O) groups is 1. The normalized spacial score (nSPS) is 10.7. The van der Waals surface area contributed by atoms with Gasteiger partial charge in [-0.25, -0.2) is 4.84 Å². The first-order chi connectivity index (χ1) is 4.34. The van der Waals surface area contributed by atoms with Crippen molar-refractivity contribution in [1.29, 1.82) is 0 Å². The van der Waals surface area contributed by atoms with E-state index in [-0.39, 0.29) is 0 Å². The quantitative estimate of drug-likeness (QED) is 0.407. The van der Waals surface area contributed by atoms with E-state index in [1.807, 2.05) is 0 Å². The molecule has 5 nitrogen and oxygen atoms in total. The zero-order valence-corrected chi connectivity index (χ0v) is 4.21. The fourth-order valence-corrected chi connectivity index (χ4v) is 0.119. The Hall–Kier alpha value is -1.34. The first-order valence-corrected chi connectivity index (χ1v) is 1.77. The van der Waals surface area contributed by atoms with Crippen LogP contribution in [0.25, 0.3) is 0 Å². The van der Waals surface area contributed by atoms with Gasteiger partial charge >= 0.3 is 17.2 Å². The zero-order valence-electron chi connectivity index (χ0n) is 4.21. The molecule has 0 aliphatic heterocycles. The second kappa shape index (κ2) is 2.50. The Morgan fingerprint density at radius 2 is 1.90 bits per heavy atom. The van der Waals surface area contributed by atoms with Gasteiger partial charge in [0.2, 0.25) is 0 Å². The molecule has 0 unspecified atom stereocenters. The molecule has 0 fully saturated rings. The molecule has 8 heteroatoms. The maximum atomic E-state index is 11.0. The predicted octanol–water partition coefficient (Wildman–Crippen LogP) is 0.284. The van der Waals surface area contributed by atoms with Crippen LogP contribution in [-0.2, 0) is 9.63 Å². The largest absolute Gasteiger partial charge is 0.477 e. The lowest BCUT2D eigenvalue weighted by molar-refractivity contribution is -0.732. The van der Waals surface area contributed by atoms with Crippen LogP contribution in [0.1, 0.15) is 0 Å². The summed E-state index contributed by atoms with van der Waals surface area (Å²) >= 11 is 0. The van der Waals surface area contributed by atoms with Gasteiger partial charge in [0.15, 0.2) is 0 Å². The van der Waals surface area contributed by atoms with Crippen molar-refractivity contribution >= 4 is 5.97 Å². The van der Waals surface area contributed by atoms with Gasteiger partial charge in [-0.15, -0.1) is 10.1 Å². The van der Waals surface area contributed by atoms with Crippen LogP contribution in [-0.4, -0.2) is 17.2 Å². The van der Waals surface area contributed by atoms with E-state index in [1.54, 1.807) is 0 Å². The summed E-state index contributed by atoms with van der Waals surface area (Å²) in [5, 5.41) is 7.30. The standard InChI is InChI=1S/C2F3NO4/c3-2(4,5)1(7)10-6(8)9. The maximum absolute atomic E-state index is 11.0. The molecule has 0 saturated carbocycles. The third kappa shape index (κ3) is 2.84. The average molecular weight is 159 g/mol. The van der Waals surface area contributed by atoms with Gasteiger partial charge in [-0.3, -0.25) is 4.79 Å². The number of nitrogens with zero attached hydrogens (tertiary/aromatic N) is 1. The van der Waals surface area contributed by atoms with Crippen LogP contribution in [0.4, 0.5) is 13.2 Å². The molecule has 0 heterocycles. The van der Waals surface area contributed by atoms with Gasteiger partial charge < -0.3 is 0 Å². The maximum Gasteiger partial charge on any atom is 0.477 e. The zero-order chi connectivity index (χ0) is 8.36.